The van der Waals surface area contributed by atoms with Crippen LogP contribution in [0.25, 0.3) is 0 Å². The smallest absolute Gasteiger partial charge is 0.0935 e. The minimum Gasteiger partial charge on any atom is -0.472 e. The third kappa shape index (κ3) is 5.26. The van der Waals surface area contributed by atoms with Gasteiger partial charge in [0.1, 0.15) is 0 Å². The van der Waals surface area contributed by atoms with E-state index in [0.717, 1.165) is 13.0 Å². The fraction of sp³-hybridized carbons (Fsp3) is 0.750. The largest absolute Gasteiger partial charge is 0.472 e. The van der Waals surface area contributed by atoms with Crippen molar-refractivity contribution in [3.8, 4) is 0 Å². The summed E-state index contributed by atoms with van der Waals surface area (Å²) in [4.78, 5) is 0. The lowest BCUT2D eigenvalue weighted by Crippen LogP contribution is -2.35. The van der Waals surface area contributed by atoms with E-state index in [2.05, 4.69) is 46.0 Å². The molecule has 0 amide bonds. The standard InChI is InChI=1S/C16H29NO/c1-6-8-17-15(10-13(2)16(3,4)5)11-14-7-9-18-12-14/h7,9,12-13,15,17H,6,8,10-11H2,1-5H3. The van der Waals surface area contributed by atoms with E-state index in [9.17, 15) is 0 Å². The summed E-state index contributed by atoms with van der Waals surface area (Å²) in [6, 6.07) is 2.62. The normalized spacial score (nSPS) is 15.6. The van der Waals surface area contributed by atoms with Gasteiger partial charge in [-0.25, -0.2) is 0 Å². The van der Waals surface area contributed by atoms with Gasteiger partial charge in [-0.2, -0.15) is 0 Å². The van der Waals surface area contributed by atoms with Crippen molar-refractivity contribution >= 4 is 0 Å². The summed E-state index contributed by atoms with van der Waals surface area (Å²) in [5.41, 5.74) is 1.67. The Balaban J connectivity index is 2.55. The molecule has 0 aliphatic carbocycles. The summed E-state index contributed by atoms with van der Waals surface area (Å²) in [7, 11) is 0. The van der Waals surface area contributed by atoms with Crippen molar-refractivity contribution < 1.29 is 4.42 Å². The van der Waals surface area contributed by atoms with Crippen LogP contribution in [0, 0.1) is 11.3 Å². The highest BCUT2D eigenvalue weighted by Gasteiger charge is 2.23. The molecule has 104 valence electrons. The highest BCUT2D eigenvalue weighted by Crippen LogP contribution is 2.29. The van der Waals surface area contributed by atoms with Gasteiger partial charge in [-0.05, 0) is 48.8 Å². The summed E-state index contributed by atoms with van der Waals surface area (Å²) in [5, 5.41) is 3.67. The molecule has 0 bridgehead atoms. The number of furan rings is 1. The minimum absolute atomic E-state index is 0.378. The maximum absolute atomic E-state index is 5.16. The fourth-order valence-electron chi connectivity index (χ4n) is 2.06. The second-order valence-electron chi connectivity index (χ2n) is 6.49. The van der Waals surface area contributed by atoms with Crippen molar-refractivity contribution in [2.24, 2.45) is 11.3 Å². The van der Waals surface area contributed by atoms with Gasteiger partial charge in [-0.15, -0.1) is 0 Å². The Kier molecular flexibility index (Phi) is 5.94. The second kappa shape index (κ2) is 6.98. The van der Waals surface area contributed by atoms with Crippen molar-refractivity contribution in [1.29, 1.82) is 0 Å². The number of rotatable bonds is 7. The molecule has 0 aromatic carbocycles. The van der Waals surface area contributed by atoms with Gasteiger partial charge in [0.15, 0.2) is 0 Å². The van der Waals surface area contributed by atoms with Crippen LogP contribution in [0.15, 0.2) is 23.0 Å². The molecule has 0 saturated carbocycles. The van der Waals surface area contributed by atoms with Crippen LogP contribution in [0.1, 0.15) is 53.0 Å². The molecule has 2 atom stereocenters. The van der Waals surface area contributed by atoms with Gasteiger partial charge in [0.05, 0.1) is 12.5 Å². The van der Waals surface area contributed by atoms with E-state index in [0.29, 0.717) is 17.4 Å². The second-order valence-corrected chi connectivity index (χ2v) is 6.49. The Morgan fingerprint density at radius 3 is 2.56 bits per heavy atom. The number of nitrogens with one attached hydrogen (secondary N) is 1. The fourth-order valence-corrected chi connectivity index (χ4v) is 2.06. The molecule has 18 heavy (non-hydrogen) atoms. The summed E-state index contributed by atoms with van der Waals surface area (Å²) < 4.78 is 5.16. The molecule has 1 aromatic rings. The van der Waals surface area contributed by atoms with Crippen molar-refractivity contribution in [3.05, 3.63) is 24.2 Å². The lowest BCUT2D eigenvalue weighted by Gasteiger charge is -2.31. The molecule has 0 saturated heterocycles. The molecule has 0 radical (unpaired) electrons. The van der Waals surface area contributed by atoms with Gasteiger partial charge >= 0.3 is 0 Å². The van der Waals surface area contributed by atoms with Crippen molar-refractivity contribution in [2.75, 3.05) is 6.54 Å². The molecule has 2 unspecified atom stereocenters. The van der Waals surface area contributed by atoms with E-state index in [1.807, 2.05) is 6.26 Å². The Bertz CT molecular complexity index is 310. The van der Waals surface area contributed by atoms with Crippen LogP contribution >= 0.6 is 0 Å². The lowest BCUT2D eigenvalue weighted by atomic mass is 9.78. The third-order valence-corrected chi connectivity index (χ3v) is 3.86. The van der Waals surface area contributed by atoms with Crippen LogP contribution in [0.2, 0.25) is 0 Å². The monoisotopic (exact) mass is 251 g/mol. The molecule has 0 aliphatic rings. The van der Waals surface area contributed by atoms with Gasteiger partial charge in [-0.1, -0.05) is 34.6 Å². The first-order valence-corrected chi connectivity index (χ1v) is 7.18. The summed E-state index contributed by atoms with van der Waals surface area (Å²) >= 11 is 0. The van der Waals surface area contributed by atoms with Gasteiger partial charge in [0, 0.05) is 6.04 Å². The molecular weight excluding hydrogens is 222 g/mol. The molecule has 0 aliphatic heterocycles. The predicted molar refractivity (Wildman–Crippen MR) is 77.7 cm³/mol. The van der Waals surface area contributed by atoms with Crippen LogP contribution in [-0.2, 0) is 6.42 Å². The van der Waals surface area contributed by atoms with E-state index in [1.165, 1.54) is 18.4 Å². The predicted octanol–water partition coefficient (Wildman–Crippen LogP) is 4.26. The Labute approximate surface area is 112 Å². The van der Waals surface area contributed by atoms with Gasteiger partial charge in [0.2, 0.25) is 0 Å². The Hall–Kier alpha value is -0.760. The quantitative estimate of drug-likeness (QED) is 0.783. The number of hydrogen-bond acceptors (Lipinski definition) is 2. The van der Waals surface area contributed by atoms with Crippen LogP contribution in [0.3, 0.4) is 0 Å². The highest BCUT2D eigenvalue weighted by atomic mass is 16.3. The van der Waals surface area contributed by atoms with Gasteiger partial charge in [0.25, 0.3) is 0 Å². The van der Waals surface area contributed by atoms with E-state index >= 15 is 0 Å². The summed E-state index contributed by atoms with van der Waals surface area (Å²) in [6.45, 7) is 12.6. The number of hydrogen-bond donors (Lipinski definition) is 1. The molecular formula is C16H29NO. The van der Waals surface area contributed by atoms with E-state index < -0.39 is 0 Å². The van der Waals surface area contributed by atoms with E-state index in [-0.39, 0.29) is 0 Å². The zero-order chi connectivity index (χ0) is 13.6. The lowest BCUT2D eigenvalue weighted by molar-refractivity contribution is 0.222. The molecule has 1 aromatic heterocycles. The Morgan fingerprint density at radius 2 is 2.06 bits per heavy atom. The average molecular weight is 251 g/mol. The molecule has 0 fully saturated rings. The summed E-state index contributed by atoms with van der Waals surface area (Å²) in [5.74, 6) is 0.707. The highest BCUT2D eigenvalue weighted by molar-refractivity contribution is 5.07. The maximum atomic E-state index is 5.16. The molecule has 1 heterocycles. The van der Waals surface area contributed by atoms with Crippen molar-refractivity contribution in [1.82, 2.24) is 5.32 Å². The molecule has 2 nitrogen and oxygen atoms in total. The van der Waals surface area contributed by atoms with Crippen LogP contribution < -0.4 is 5.32 Å². The van der Waals surface area contributed by atoms with Crippen LogP contribution in [0.4, 0.5) is 0 Å². The molecule has 1 rings (SSSR count). The Morgan fingerprint density at radius 1 is 1.33 bits per heavy atom. The summed E-state index contributed by atoms with van der Waals surface area (Å²) in [6.07, 6.45) is 7.10. The maximum Gasteiger partial charge on any atom is 0.0935 e. The first-order chi connectivity index (χ1) is 8.43. The molecule has 2 heteroatoms. The average Bonchev–Trinajstić information content (AvgIpc) is 2.77. The van der Waals surface area contributed by atoms with Crippen LogP contribution in [-0.4, -0.2) is 12.6 Å². The third-order valence-electron chi connectivity index (χ3n) is 3.86. The first kappa shape index (κ1) is 15.3. The zero-order valence-electron chi connectivity index (χ0n) is 12.6. The first-order valence-electron chi connectivity index (χ1n) is 7.18. The van der Waals surface area contributed by atoms with E-state index in [4.69, 9.17) is 4.42 Å². The molecule has 0 spiro atoms. The van der Waals surface area contributed by atoms with E-state index in [1.54, 1.807) is 6.26 Å². The van der Waals surface area contributed by atoms with Crippen molar-refractivity contribution in [2.45, 2.75) is 59.9 Å². The zero-order valence-corrected chi connectivity index (χ0v) is 12.6. The van der Waals surface area contributed by atoms with Gasteiger partial charge < -0.3 is 9.73 Å². The SMILES string of the molecule is CCCNC(Cc1ccoc1)CC(C)C(C)(C)C. The topological polar surface area (TPSA) is 25.2 Å². The van der Waals surface area contributed by atoms with Crippen LogP contribution in [0.5, 0.6) is 0 Å². The van der Waals surface area contributed by atoms with Crippen molar-refractivity contribution in [3.63, 3.8) is 0 Å². The minimum atomic E-state index is 0.378. The van der Waals surface area contributed by atoms with Gasteiger partial charge in [-0.3, -0.25) is 0 Å². The molecule has 1 N–H and O–H groups in total.